The van der Waals surface area contributed by atoms with Crippen molar-refractivity contribution in [3.8, 4) is 0 Å². The number of allylic oxidation sites excluding steroid dienone is 4. The fourth-order valence-electron chi connectivity index (χ4n) is 1.52. The first-order valence-corrected chi connectivity index (χ1v) is 5.55. The van der Waals surface area contributed by atoms with Gasteiger partial charge in [0.15, 0.2) is 0 Å². The van der Waals surface area contributed by atoms with Gasteiger partial charge in [0.05, 0.1) is 12.7 Å². The van der Waals surface area contributed by atoms with Crippen molar-refractivity contribution in [2.24, 2.45) is 0 Å². The Morgan fingerprint density at radius 1 is 1.28 bits per heavy atom. The Bertz CT molecular complexity index is 439. The molecule has 1 N–H and O–H groups in total. The van der Waals surface area contributed by atoms with Gasteiger partial charge in [0.2, 0.25) is 0 Å². The van der Waals surface area contributed by atoms with Gasteiger partial charge >= 0.3 is 5.97 Å². The first-order valence-electron chi connectivity index (χ1n) is 5.55. The van der Waals surface area contributed by atoms with Crippen molar-refractivity contribution in [2.75, 3.05) is 14.2 Å². The lowest BCUT2D eigenvalue weighted by Gasteiger charge is -2.15. The van der Waals surface area contributed by atoms with Crippen LogP contribution in [0, 0.1) is 0 Å². The number of rotatable bonds is 6. The summed E-state index contributed by atoms with van der Waals surface area (Å²) in [4.78, 5) is 11.9. The maximum absolute atomic E-state index is 11.9. The average Bonchev–Trinajstić information content (AvgIpc) is 2.31. The Kier molecular flexibility index (Phi) is 6.50. The number of likely N-dealkylation sites (N-methyl/N-ethyl adjacent to an activating group) is 1. The third-order valence-corrected chi connectivity index (χ3v) is 2.23. The van der Waals surface area contributed by atoms with Gasteiger partial charge in [-0.15, -0.1) is 0 Å². The number of hydrogen-bond acceptors (Lipinski definition) is 3. The fraction of sp³-hybridized carbons (Fsp3) is 0.267. The van der Waals surface area contributed by atoms with Crippen molar-refractivity contribution in [2.45, 2.75) is 13.8 Å². The molecule has 0 radical (unpaired) electrons. The van der Waals surface area contributed by atoms with Gasteiger partial charge in [0.25, 0.3) is 0 Å². The Morgan fingerprint density at radius 2 is 1.83 bits per heavy atom. The summed E-state index contributed by atoms with van der Waals surface area (Å²) in [6.45, 7) is 15.0. The van der Waals surface area contributed by atoms with E-state index < -0.39 is 5.97 Å². The number of methoxy groups -OCH3 is 1. The molecule has 0 aromatic heterocycles. The molecule has 0 bridgehead atoms. The van der Waals surface area contributed by atoms with Gasteiger partial charge in [0.1, 0.15) is 0 Å². The maximum atomic E-state index is 11.9. The van der Waals surface area contributed by atoms with E-state index in [-0.39, 0.29) is 0 Å². The summed E-state index contributed by atoms with van der Waals surface area (Å²) in [6, 6.07) is 0. The van der Waals surface area contributed by atoms with Crippen molar-refractivity contribution < 1.29 is 9.53 Å². The summed E-state index contributed by atoms with van der Waals surface area (Å²) in [5, 5.41) is 2.99. The summed E-state index contributed by atoms with van der Waals surface area (Å²) < 4.78 is 4.80. The summed E-state index contributed by atoms with van der Waals surface area (Å²) in [6.07, 6.45) is 3.32. The molecular formula is C15H21NO2. The van der Waals surface area contributed by atoms with Crippen LogP contribution in [-0.2, 0) is 9.53 Å². The molecule has 98 valence electrons. The molecule has 0 aromatic rings. The van der Waals surface area contributed by atoms with Gasteiger partial charge in [0, 0.05) is 18.3 Å². The van der Waals surface area contributed by atoms with Gasteiger partial charge in [-0.05, 0) is 31.6 Å². The zero-order valence-electron chi connectivity index (χ0n) is 11.6. The molecule has 0 unspecified atom stereocenters. The first kappa shape index (κ1) is 16.0. The van der Waals surface area contributed by atoms with Crippen LogP contribution in [-0.4, -0.2) is 20.1 Å². The number of carbonyl (C=O) groups is 1. The molecule has 0 aliphatic heterocycles. The molecule has 0 amide bonds. The van der Waals surface area contributed by atoms with E-state index in [2.05, 4.69) is 25.1 Å². The topological polar surface area (TPSA) is 38.3 Å². The zero-order chi connectivity index (χ0) is 14.3. The van der Waals surface area contributed by atoms with Crippen LogP contribution in [0.4, 0.5) is 0 Å². The molecule has 0 aromatic carbocycles. The van der Waals surface area contributed by atoms with Crippen LogP contribution in [0.15, 0.2) is 59.9 Å². The lowest BCUT2D eigenvalue weighted by Crippen LogP contribution is -2.15. The molecule has 0 atom stereocenters. The molecule has 0 aliphatic carbocycles. The monoisotopic (exact) mass is 247 g/mol. The number of nitrogens with one attached hydrogen (secondary N) is 1. The van der Waals surface area contributed by atoms with Gasteiger partial charge < -0.3 is 10.1 Å². The summed E-state index contributed by atoms with van der Waals surface area (Å²) in [7, 11) is 3.10. The summed E-state index contributed by atoms with van der Waals surface area (Å²) in [5.74, 6) is -0.425. The van der Waals surface area contributed by atoms with Gasteiger partial charge in [-0.3, -0.25) is 0 Å². The minimum absolute atomic E-state index is 0.418. The van der Waals surface area contributed by atoms with E-state index in [0.29, 0.717) is 11.1 Å². The van der Waals surface area contributed by atoms with Crippen LogP contribution in [0.3, 0.4) is 0 Å². The van der Waals surface area contributed by atoms with Crippen LogP contribution in [0.1, 0.15) is 13.8 Å². The fourth-order valence-corrected chi connectivity index (χ4v) is 1.52. The molecule has 3 nitrogen and oxygen atoms in total. The third kappa shape index (κ3) is 4.09. The predicted octanol–water partition coefficient (Wildman–Crippen LogP) is 2.90. The molecule has 0 saturated heterocycles. The van der Waals surface area contributed by atoms with E-state index in [0.717, 1.165) is 16.8 Å². The Hall–Kier alpha value is -2.03. The average molecular weight is 247 g/mol. The van der Waals surface area contributed by atoms with E-state index in [1.807, 2.05) is 13.8 Å². The Morgan fingerprint density at radius 3 is 2.11 bits per heavy atom. The molecule has 0 saturated carbocycles. The van der Waals surface area contributed by atoms with Crippen molar-refractivity contribution in [3.63, 3.8) is 0 Å². The molecule has 18 heavy (non-hydrogen) atoms. The molecule has 0 heterocycles. The second kappa shape index (κ2) is 7.33. The maximum Gasteiger partial charge on any atom is 0.338 e. The highest BCUT2D eigenvalue weighted by Crippen LogP contribution is 2.23. The lowest BCUT2D eigenvalue weighted by atomic mass is 9.96. The Balaban J connectivity index is 6.05. The summed E-state index contributed by atoms with van der Waals surface area (Å²) in [5.41, 5.74) is 3.33. The number of ether oxygens (including phenoxy) is 1. The zero-order valence-corrected chi connectivity index (χ0v) is 11.6. The second-order valence-electron chi connectivity index (χ2n) is 3.92. The van der Waals surface area contributed by atoms with E-state index in [9.17, 15) is 4.79 Å². The van der Waals surface area contributed by atoms with E-state index in [4.69, 9.17) is 4.74 Å². The standard InChI is InChI=1S/C15H21NO2/c1-8-13(16-6)14(11(4)5)12(9-10(2)3)15(17)18-7/h8-9,16H,1-2,4H2,3,5-7H3/b12-9+,14-13+. The Labute approximate surface area is 109 Å². The van der Waals surface area contributed by atoms with Gasteiger partial charge in [-0.1, -0.05) is 25.3 Å². The SMILES string of the molecule is C=C/C(NC)=C(C(=C)C)\C(=C/C(=C)C)C(=O)OC. The van der Waals surface area contributed by atoms with E-state index in [1.165, 1.54) is 7.11 Å². The normalized spacial score (nSPS) is 12.3. The predicted molar refractivity (Wildman–Crippen MR) is 76.0 cm³/mol. The van der Waals surface area contributed by atoms with Crippen LogP contribution in [0.5, 0.6) is 0 Å². The van der Waals surface area contributed by atoms with Gasteiger partial charge in [-0.25, -0.2) is 4.79 Å². The van der Waals surface area contributed by atoms with Crippen LogP contribution in [0.25, 0.3) is 0 Å². The highest BCUT2D eigenvalue weighted by atomic mass is 16.5. The van der Waals surface area contributed by atoms with Crippen LogP contribution >= 0.6 is 0 Å². The van der Waals surface area contributed by atoms with Crippen molar-refractivity contribution in [1.29, 1.82) is 0 Å². The second-order valence-corrected chi connectivity index (χ2v) is 3.92. The van der Waals surface area contributed by atoms with Gasteiger partial charge in [-0.2, -0.15) is 0 Å². The minimum Gasteiger partial charge on any atom is -0.465 e. The van der Waals surface area contributed by atoms with Crippen molar-refractivity contribution in [1.82, 2.24) is 5.32 Å². The third-order valence-electron chi connectivity index (χ3n) is 2.23. The lowest BCUT2D eigenvalue weighted by molar-refractivity contribution is -0.135. The summed E-state index contributed by atoms with van der Waals surface area (Å²) >= 11 is 0. The molecule has 0 fully saturated rings. The molecule has 0 aliphatic rings. The molecule has 0 rings (SSSR count). The first-order chi connectivity index (χ1) is 8.38. The number of hydrogen-bond donors (Lipinski definition) is 1. The van der Waals surface area contributed by atoms with Crippen LogP contribution < -0.4 is 5.32 Å². The van der Waals surface area contributed by atoms with Crippen LogP contribution in [0.2, 0.25) is 0 Å². The highest BCUT2D eigenvalue weighted by molar-refractivity contribution is 5.95. The van der Waals surface area contributed by atoms with Crippen molar-refractivity contribution in [3.05, 3.63) is 59.9 Å². The highest BCUT2D eigenvalue weighted by Gasteiger charge is 2.18. The number of esters is 1. The quantitative estimate of drug-likeness (QED) is 0.445. The molecular weight excluding hydrogens is 226 g/mol. The van der Waals surface area contributed by atoms with E-state index in [1.54, 1.807) is 19.2 Å². The largest absolute Gasteiger partial charge is 0.465 e. The smallest absolute Gasteiger partial charge is 0.338 e. The minimum atomic E-state index is -0.425. The number of carbonyl (C=O) groups excluding carboxylic acids is 1. The van der Waals surface area contributed by atoms with Crippen molar-refractivity contribution >= 4 is 5.97 Å². The van der Waals surface area contributed by atoms with E-state index >= 15 is 0 Å². The molecule has 0 spiro atoms. The molecule has 3 heteroatoms.